The fourth-order valence-corrected chi connectivity index (χ4v) is 5.53. The minimum Gasteiger partial charge on any atom is -0.465 e. The molecule has 182 valence electrons. The summed E-state index contributed by atoms with van der Waals surface area (Å²) in [7, 11) is 1.34. The number of benzene rings is 1. The first-order valence-electron chi connectivity index (χ1n) is 11.2. The fourth-order valence-electron chi connectivity index (χ4n) is 3.66. The van der Waals surface area contributed by atoms with Crippen molar-refractivity contribution in [1.29, 1.82) is 0 Å². The van der Waals surface area contributed by atoms with Gasteiger partial charge in [-0.15, -0.1) is 21.5 Å². The number of aryl methyl sites for hydroxylation is 1. The lowest BCUT2D eigenvalue weighted by Gasteiger charge is -2.21. The average molecular weight is 502 g/mol. The fraction of sp³-hybridized carbons (Fsp3) is 0.417. The lowest BCUT2D eigenvalue weighted by atomic mass is 10.1. The highest BCUT2D eigenvalue weighted by Gasteiger charge is 2.22. The number of carbonyl (C=O) groups is 2. The van der Waals surface area contributed by atoms with Crippen molar-refractivity contribution in [3.05, 3.63) is 40.3 Å². The van der Waals surface area contributed by atoms with Gasteiger partial charge in [0.25, 0.3) is 0 Å². The van der Waals surface area contributed by atoms with Gasteiger partial charge in [-0.25, -0.2) is 4.79 Å². The van der Waals surface area contributed by atoms with Crippen molar-refractivity contribution in [3.63, 3.8) is 0 Å². The Morgan fingerprint density at radius 3 is 2.38 bits per heavy atom. The van der Waals surface area contributed by atoms with Crippen LogP contribution in [0, 0.1) is 13.8 Å². The number of nitrogens with one attached hydrogen (secondary N) is 1. The number of esters is 1. The second kappa shape index (κ2) is 11.5. The third-order valence-electron chi connectivity index (χ3n) is 5.65. The maximum Gasteiger partial charge on any atom is 0.341 e. The zero-order valence-electron chi connectivity index (χ0n) is 20.5. The van der Waals surface area contributed by atoms with Crippen LogP contribution >= 0.6 is 23.1 Å². The van der Waals surface area contributed by atoms with Crippen LogP contribution in [-0.4, -0.2) is 52.6 Å². The van der Waals surface area contributed by atoms with Gasteiger partial charge >= 0.3 is 5.97 Å². The van der Waals surface area contributed by atoms with E-state index in [0.717, 1.165) is 34.9 Å². The molecule has 3 rings (SSSR count). The quantitative estimate of drug-likeness (QED) is 0.309. The van der Waals surface area contributed by atoms with Crippen molar-refractivity contribution in [2.75, 3.05) is 36.2 Å². The molecule has 2 aromatic heterocycles. The maximum atomic E-state index is 12.7. The van der Waals surface area contributed by atoms with Crippen LogP contribution < -0.4 is 10.2 Å². The molecular weight excluding hydrogens is 470 g/mol. The summed E-state index contributed by atoms with van der Waals surface area (Å²) >= 11 is 2.69. The van der Waals surface area contributed by atoms with E-state index in [9.17, 15) is 9.59 Å². The Bertz CT molecular complexity index is 1150. The van der Waals surface area contributed by atoms with Crippen molar-refractivity contribution < 1.29 is 14.3 Å². The van der Waals surface area contributed by atoms with Gasteiger partial charge in [0, 0.05) is 35.8 Å². The molecule has 2 heterocycles. The molecule has 0 aliphatic rings. The summed E-state index contributed by atoms with van der Waals surface area (Å²) in [4.78, 5) is 28.1. The van der Waals surface area contributed by atoms with Gasteiger partial charge in [0.15, 0.2) is 11.0 Å². The number of aromatic nitrogens is 3. The number of anilines is 2. The van der Waals surface area contributed by atoms with Gasteiger partial charge in [0.05, 0.1) is 18.4 Å². The molecule has 0 saturated heterocycles. The smallest absolute Gasteiger partial charge is 0.341 e. The molecule has 0 fully saturated rings. The molecule has 3 aromatic rings. The maximum absolute atomic E-state index is 12.7. The van der Waals surface area contributed by atoms with E-state index in [1.807, 2.05) is 25.3 Å². The SMILES string of the molecule is CCN(CC)c1ccc(-c2nnc(SCC(=O)Nc3sc(C)c(C)c3C(=O)OC)n2CC)cc1. The molecule has 0 atom stereocenters. The van der Waals surface area contributed by atoms with E-state index in [1.54, 1.807) is 0 Å². The van der Waals surface area contributed by atoms with E-state index in [-0.39, 0.29) is 11.7 Å². The highest BCUT2D eigenvalue weighted by atomic mass is 32.2. The van der Waals surface area contributed by atoms with Crippen LogP contribution in [0.2, 0.25) is 0 Å². The lowest BCUT2D eigenvalue weighted by Crippen LogP contribution is -2.21. The first-order valence-corrected chi connectivity index (χ1v) is 13.0. The van der Waals surface area contributed by atoms with Crippen LogP contribution in [0.4, 0.5) is 10.7 Å². The Kier molecular flexibility index (Phi) is 8.73. The summed E-state index contributed by atoms with van der Waals surface area (Å²) in [6.45, 7) is 12.7. The molecule has 8 nitrogen and oxygen atoms in total. The van der Waals surface area contributed by atoms with Crippen molar-refractivity contribution in [2.45, 2.75) is 46.3 Å². The van der Waals surface area contributed by atoms with E-state index < -0.39 is 5.97 Å². The van der Waals surface area contributed by atoms with Gasteiger partial charge < -0.3 is 19.5 Å². The largest absolute Gasteiger partial charge is 0.465 e. The van der Waals surface area contributed by atoms with E-state index in [1.165, 1.54) is 35.9 Å². The third-order valence-corrected chi connectivity index (χ3v) is 7.74. The Labute approximate surface area is 208 Å². The summed E-state index contributed by atoms with van der Waals surface area (Å²) < 4.78 is 6.88. The predicted octanol–water partition coefficient (Wildman–Crippen LogP) is 5.01. The number of hydrogen-bond donors (Lipinski definition) is 1. The number of methoxy groups -OCH3 is 1. The molecule has 0 aliphatic heterocycles. The molecule has 0 unspecified atom stereocenters. The molecule has 1 amide bonds. The number of nitrogens with zero attached hydrogens (tertiary/aromatic N) is 4. The average Bonchev–Trinajstić information content (AvgIpc) is 3.38. The molecule has 0 bridgehead atoms. The number of carbonyl (C=O) groups excluding carboxylic acids is 2. The van der Waals surface area contributed by atoms with E-state index >= 15 is 0 Å². The van der Waals surface area contributed by atoms with Crippen molar-refractivity contribution in [2.24, 2.45) is 0 Å². The molecule has 0 aliphatic carbocycles. The topological polar surface area (TPSA) is 89.3 Å². The van der Waals surface area contributed by atoms with Crippen LogP contribution in [0.15, 0.2) is 29.4 Å². The van der Waals surface area contributed by atoms with Gasteiger partial charge in [-0.3, -0.25) is 4.79 Å². The van der Waals surface area contributed by atoms with Gasteiger partial charge in [-0.2, -0.15) is 0 Å². The third kappa shape index (κ3) is 5.44. The van der Waals surface area contributed by atoms with Crippen molar-refractivity contribution in [1.82, 2.24) is 14.8 Å². The van der Waals surface area contributed by atoms with Gasteiger partial charge in [0.1, 0.15) is 5.00 Å². The Morgan fingerprint density at radius 2 is 1.79 bits per heavy atom. The molecule has 34 heavy (non-hydrogen) atoms. The number of rotatable bonds is 10. The Morgan fingerprint density at radius 1 is 1.12 bits per heavy atom. The summed E-state index contributed by atoms with van der Waals surface area (Å²) in [5, 5.41) is 12.8. The van der Waals surface area contributed by atoms with Gasteiger partial charge in [0.2, 0.25) is 5.91 Å². The number of thiophene rings is 1. The highest BCUT2D eigenvalue weighted by Crippen LogP contribution is 2.33. The molecule has 0 spiro atoms. The summed E-state index contributed by atoms with van der Waals surface area (Å²) in [6, 6.07) is 8.31. The first kappa shape index (κ1) is 25.8. The van der Waals surface area contributed by atoms with Crippen LogP contribution in [0.3, 0.4) is 0 Å². The van der Waals surface area contributed by atoms with Crippen LogP contribution in [0.5, 0.6) is 0 Å². The lowest BCUT2D eigenvalue weighted by molar-refractivity contribution is -0.113. The summed E-state index contributed by atoms with van der Waals surface area (Å²) in [5.74, 6) is 0.253. The monoisotopic (exact) mass is 501 g/mol. The van der Waals surface area contributed by atoms with Gasteiger partial charge in [-0.05, 0) is 64.4 Å². The second-order valence-corrected chi connectivity index (χ2v) is 9.75. The normalized spacial score (nSPS) is 10.9. The molecule has 0 radical (unpaired) electrons. The summed E-state index contributed by atoms with van der Waals surface area (Å²) in [5.41, 5.74) is 3.39. The molecule has 1 N–H and O–H groups in total. The minimum absolute atomic E-state index is 0.148. The standard InChI is InChI=1S/C24H31N5O3S2/c1-7-28(8-2)18-12-10-17(11-13-18)21-26-27-24(29(21)9-3)33-14-19(30)25-22-20(23(31)32-6)15(4)16(5)34-22/h10-13H,7-9,14H2,1-6H3,(H,25,30). The number of hydrogen-bond acceptors (Lipinski definition) is 8. The van der Waals surface area contributed by atoms with Gasteiger partial charge in [-0.1, -0.05) is 11.8 Å². The van der Waals surface area contributed by atoms with E-state index in [2.05, 4.69) is 58.5 Å². The first-order chi connectivity index (χ1) is 16.3. The second-order valence-electron chi connectivity index (χ2n) is 7.59. The van der Waals surface area contributed by atoms with Crippen LogP contribution in [0.1, 0.15) is 41.6 Å². The molecule has 0 saturated carbocycles. The van der Waals surface area contributed by atoms with Crippen molar-refractivity contribution in [3.8, 4) is 11.4 Å². The Balaban J connectivity index is 1.72. The van der Waals surface area contributed by atoms with Crippen molar-refractivity contribution >= 4 is 45.7 Å². The van der Waals surface area contributed by atoms with Crippen LogP contribution in [0.25, 0.3) is 11.4 Å². The summed E-state index contributed by atoms with van der Waals surface area (Å²) in [6.07, 6.45) is 0. The van der Waals surface area contributed by atoms with Crippen LogP contribution in [-0.2, 0) is 16.1 Å². The predicted molar refractivity (Wildman–Crippen MR) is 139 cm³/mol. The van der Waals surface area contributed by atoms with E-state index in [4.69, 9.17) is 4.74 Å². The van der Waals surface area contributed by atoms with E-state index in [0.29, 0.717) is 22.3 Å². The number of ether oxygens (including phenoxy) is 1. The number of amides is 1. The minimum atomic E-state index is -0.452. The molecule has 10 heteroatoms. The zero-order valence-corrected chi connectivity index (χ0v) is 22.1. The Hall–Kier alpha value is -2.85. The number of thioether (sulfide) groups is 1. The zero-order chi connectivity index (χ0) is 24.8. The molecular formula is C24H31N5O3S2. The molecule has 1 aromatic carbocycles. The highest BCUT2D eigenvalue weighted by molar-refractivity contribution is 7.99.